The van der Waals surface area contributed by atoms with E-state index in [9.17, 15) is 0 Å². The Morgan fingerprint density at radius 1 is 1.33 bits per heavy atom. The number of nitrogens with zero attached hydrogens (tertiary/aromatic N) is 1. The normalized spacial score (nSPS) is 24.5. The van der Waals surface area contributed by atoms with Crippen LogP contribution in [0.25, 0.3) is 0 Å². The Balaban J connectivity index is 1.82. The van der Waals surface area contributed by atoms with Gasteiger partial charge in [-0.2, -0.15) is 0 Å². The number of hydrogen-bond acceptors (Lipinski definition) is 3. The van der Waals surface area contributed by atoms with Crippen molar-refractivity contribution < 1.29 is 4.74 Å². The lowest BCUT2D eigenvalue weighted by Crippen LogP contribution is -2.47. The molecule has 1 saturated heterocycles. The summed E-state index contributed by atoms with van der Waals surface area (Å²) in [5.74, 6) is 0. The van der Waals surface area contributed by atoms with Gasteiger partial charge in [0.2, 0.25) is 0 Å². The largest absolute Gasteiger partial charge is 0.379 e. The van der Waals surface area contributed by atoms with Crippen molar-refractivity contribution >= 4 is 5.69 Å². The number of benzene rings is 1. The van der Waals surface area contributed by atoms with Crippen molar-refractivity contribution in [3.8, 4) is 0 Å². The summed E-state index contributed by atoms with van der Waals surface area (Å²) in [5, 5.41) is 3.47. The van der Waals surface area contributed by atoms with Crippen LogP contribution in [0, 0.1) is 6.92 Å². The SMILES string of the molecule is C=C1Nc2cc(C)ccc2CC1N1CCOCC1. The fraction of sp³-hybridized carbons (Fsp3) is 0.467. The molecule has 1 atom stereocenters. The molecule has 2 aliphatic heterocycles. The summed E-state index contributed by atoms with van der Waals surface area (Å²) >= 11 is 0. The second-order valence-electron chi connectivity index (χ2n) is 5.18. The van der Waals surface area contributed by atoms with Gasteiger partial charge in [-0.1, -0.05) is 18.7 Å². The first kappa shape index (κ1) is 11.8. The molecule has 2 aliphatic rings. The predicted molar refractivity (Wildman–Crippen MR) is 73.8 cm³/mol. The number of rotatable bonds is 1. The third kappa shape index (κ3) is 2.16. The molecule has 1 N–H and O–H groups in total. The molecule has 3 nitrogen and oxygen atoms in total. The number of hydrogen-bond donors (Lipinski definition) is 1. The van der Waals surface area contributed by atoms with Gasteiger partial charge in [0.1, 0.15) is 0 Å². The van der Waals surface area contributed by atoms with Gasteiger partial charge in [0.15, 0.2) is 0 Å². The molecular weight excluding hydrogens is 224 g/mol. The van der Waals surface area contributed by atoms with Gasteiger partial charge < -0.3 is 10.1 Å². The van der Waals surface area contributed by atoms with E-state index in [1.807, 2.05) is 0 Å². The lowest BCUT2D eigenvalue weighted by molar-refractivity contribution is 0.0235. The molecule has 2 heterocycles. The maximum Gasteiger partial charge on any atom is 0.0594 e. The summed E-state index contributed by atoms with van der Waals surface area (Å²) in [5.41, 5.74) is 5.03. The fourth-order valence-corrected chi connectivity index (χ4v) is 2.81. The molecular formula is C15H20N2O. The molecule has 3 rings (SSSR count). The second-order valence-corrected chi connectivity index (χ2v) is 5.18. The third-order valence-electron chi connectivity index (χ3n) is 3.86. The van der Waals surface area contributed by atoms with E-state index in [2.05, 4.69) is 41.9 Å². The first-order chi connectivity index (χ1) is 8.74. The number of aryl methyl sites for hydroxylation is 1. The van der Waals surface area contributed by atoms with Gasteiger partial charge in [-0.15, -0.1) is 0 Å². The van der Waals surface area contributed by atoms with Gasteiger partial charge in [0.05, 0.1) is 19.3 Å². The summed E-state index contributed by atoms with van der Waals surface area (Å²) in [6.07, 6.45) is 1.06. The van der Waals surface area contributed by atoms with E-state index in [0.29, 0.717) is 6.04 Å². The van der Waals surface area contributed by atoms with Crippen LogP contribution in [-0.2, 0) is 11.2 Å². The van der Waals surface area contributed by atoms with Crippen LogP contribution in [0.2, 0.25) is 0 Å². The van der Waals surface area contributed by atoms with Gasteiger partial charge in [0.25, 0.3) is 0 Å². The Hall–Kier alpha value is -1.32. The number of fused-ring (bicyclic) bond motifs is 1. The van der Waals surface area contributed by atoms with E-state index in [1.165, 1.54) is 16.8 Å². The van der Waals surface area contributed by atoms with E-state index in [1.54, 1.807) is 0 Å². The summed E-state index contributed by atoms with van der Waals surface area (Å²) in [4.78, 5) is 2.47. The lowest BCUT2D eigenvalue weighted by atomic mass is 9.95. The number of morpholine rings is 1. The van der Waals surface area contributed by atoms with Crippen LogP contribution >= 0.6 is 0 Å². The Labute approximate surface area is 108 Å². The first-order valence-electron chi connectivity index (χ1n) is 6.61. The highest BCUT2D eigenvalue weighted by Crippen LogP contribution is 2.29. The standard InChI is InChI=1S/C15H20N2O/c1-11-3-4-13-10-15(12(2)16-14(13)9-11)17-5-7-18-8-6-17/h3-4,9,15-16H,2,5-8,10H2,1H3. The van der Waals surface area contributed by atoms with Crippen molar-refractivity contribution in [2.24, 2.45) is 0 Å². The summed E-state index contributed by atoms with van der Waals surface area (Å²) < 4.78 is 5.42. The minimum Gasteiger partial charge on any atom is -0.379 e. The van der Waals surface area contributed by atoms with Crippen LogP contribution in [0.1, 0.15) is 11.1 Å². The first-order valence-corrected chi connectivity index (χ1v) is 6.61. The van der Waals surface area contributed by atoms with Gasteiger partial charge in [-0.3, -0.25) is 4.90 Å². The molecule has 0 spiro atoms. The minimum atomic E-state index is 0.407. The zero-order chi connectivity index (χ0) is 12.5. The Kier molecular flexibility index (Phi) is 3.10. The van der Waals surface area contributed by atoms with Crippen LogP contribution < -0.4 is 5.32 Å². The van der Waals surface area contributed by atoms with Crippen molar-refractivity contribution in [1.82, 2.24) is 4.90 Å². The number of anilines is 1. The van der Waals surface area contributed by atoms with Gasteiger partial charge in [-0.25, -0.2) is 0 Å². The molecule has 1 fully saturated rings. The molecule has 3 heteroatoms. The molecule has 0 radical (unpaired) electrons. The second kappa shape index (κ2) is 4.75. The Bertz CT molecular complexity index is 464. The van der Waals surface area contributed by atoms with E-state index in [4.69, 9.17) is 4.74 Å². The van der Waals surface area contributed by atoms with Crippen LogP contribution in [-0.4, -0.2) is 37.2 Å². The van der Waals surface area contributed by atoms with Gasteiger partial charge >= 0.3 is 0 Å². The molecule has 1 aromatic rings. The Morgan fingerprint density at radius 2 is 2.11 bits per heavy atom. The lowest BCUT2D eigenvalue weighted by Gasteiger charge is -2.39. The molecule has 96 valence electrons. The third-order valence-corrected chi connectivity index (χ3v) is 3.86. The molecule has 0 bridgehead atoms. The number of nitrogens with one attached hydrogen (secondary N) is 1. The quantitative estimate of drug-likeness (QED) is 0.819. The molecule has 0 saturated carbocycles. The van der Waals surface area contributed by atoms with Crippen LogP contribution in [0.15, 0.2) is 30.5 Å². The highest BCUT2D eigenvalue weighted by molar-refractivity contribution is 5.60. The van der Waals surface area contributed by atoms with Gasteiger partial charge in [0, 0.05) is 24.5 Å². The van der Waals surface area contributed by atoms with Crippen molar-refractivity contribution in [2.45, 2.75) is 19.4 Å². The average Bonchev–Trinajstić information content (AvgIpc) is 2.39. The zero-order valence-electron chi connectivity index (χ0n) is 10.9. The highest BCUT2D eigenvalue weighted by atomic mass is 16.5. The molecule has 1 unspecified atom stereocenters. The summed E-state index contributed by atoms with van der Waals surface area (Å²) in [6, 6.07) is 7.03. The molecule has 1 aromatic carbocycles. The van der Waals surface area contributed by atoms with E-state index in [-0.39, 0.29) is 0 Å². The highest BCUT2D eigenvalue weighted by Gasteiger charge is 2.28. The van der Waals surface area contributed by atoms with Crippen molar-refractivity contribution in [3.63, 3.8) is 0 Å². The number of ether oxygens (including phenoxy) is 1. The van der Waals surface area contributed by atoms with Crippen molar-refractivity contribution in [3.05, 3.63) is 41.6 Å². The smallest absolute Gasteiger partial charge is 0.0594 e. The van der Waals surface area contributed by atoms with E-state index < -0.39 is 0 Å². The molecule has 18 heavy (non-hydrogen) atoms. The minimum absolute atomic E-state index is 0.407. The monoisotopic (exact) mass is 244 g/mol. The zero-order valence-corrected chi connectivity index (χ0v) is 10.9. The summed E-state index contributed by atoms with van der Waals surface area (Å²) in [6.45, 7) is 10.0. The van der Waals surface area contributed by atoms with Crippen LogP contribution in [0.3, 0.4) is 0 Å². The average molecular weight is 244 g/mol. The Morgan fingerprint density at radius 3 is 2.89 bits per heavy atom. The summed E-state index contributed by atoms with van der Waals surface area (Å²) in [7, 11) is 0. The van der Waals surface area contributed by atoms with Crippen molar-refractivity contribution in [2.75, 3.05) is 31.6 Å². The molecule has 0 aliphatic carbocycles. The fourth-order valence-electron chi connectivity index (χ4n) is 2.81. The molecule has 0 aromatic heterocycles. The maximum atomic E-state index is 5.42. The van der Waals surface area contributed by atoms with Crippen molar-refractivity contribution in [1.29, 1.82) is 0 Å². The van der Waals surface area contributed by atoms with E-state index >= 15 is 0 Å². The van der Waals surface area contributed by atoms with Crippen LogP contribution in [0.4, 0.5) is 5.69 Å². The maximum absolute atomic E-state index is 5.42. The predicted octanol–water partition coefficient (Wildman–Crippen LogP) is 2.18. The van der Waals surface area contributed by atoms with Crippen LogP contribution in [0.5, 0.6) is 0 Å². The van der Waals surface area contributed by atoms with E-state index in [0.717, 1.165) is 38.4 Å². The topological polar surface area (TPSA) is 24.5 Å². The van der Waals surface area contributed by atoms with Gasteiger partial charge in [-0.05, 0) is 30.5 Å². The molecule has 0 amide bonds.